The summed E-state index contributed by atoms with van der Waals surface area (Å²) in [6.07, 6.45) is 9.43. The maximum absolute atomic E-state index is 14.2. The quantitative estimate of drug-likeness (QED) is 0.156. The molecule has 1 aromatic carbocycles. The van der Waals surface area contributed by atoms with Gasteiger partial charge in [-0.3, -0.25) is 9.59 Å². The average molecular weight is 753 g/mol. The van der Waals surface area contributed by atoms with Gasteiger partial charge in [0.05, 0.1) is 24.0 Å². The maximum Gasteiger partial charge on any atom is 0.311 e. The van der Waals surface area contributed by atoms with Crippen LogP contribution in [0.4, 0.5) is 0 Å². The predicted octanol–water partition coefficient (Wildman–Crippen LogP) is 11.6. The second-order valence-corrected chi connectivity index (χ2v) is 29.5. The predicted molar refractivity (Wildman–Crippen MR) is 218 cm³/mol. The summed E-state index contributed by atoms with van der Waals surface area (Å²) >= 11 is 0. The normalized spacial score (nSPS) is 29.5. The third-order valence-electron chi connectivity index (χ3n) is 13.6. The van der Waals surface area contributed by atoms with E-state index in [4.69, 9.17) is 18.3 Å². The van der Waals surface area contributed by atoms with Gasteiger partial charge in [-0.25, -0.2) is 0 Å². The van der Waals surface area contributed by atoms with Crippen LogP contribution in [-0.4, -0.2) is 46.9 Å². The monoisotopic (exact) mass is 752 g/mol. The Hall–Kier alpha value is -2.01. The first-order valence-corrected chi connectivity index (χ1v) is 25.9. The minimum absolute atomic E-state index is 0.00350. The van der Waals surface area contributed by atoms with Crippen LogP contribution in [0.25, 0.3) is 0 Å². The van der Waals surface area contributed by atoms with Crippen molar-refractivity contribution in [1.82, 2.24) is 0 Å². The zero-order chi connectivity index (χ0) is 39.0. The van der Waals surface area contributed by atoms with Crippen LogP contribution in [0.5, 0.6) is 0 Å². The Morgan fingerprint density at radius 2 is 1.52 bits per heavy atom. The number of allylic oxidation sites excluding steroid dienone is 3. The summed E-state index contributed by atoms with van der Waals surface area (Å²) < 4.78 is 27.1. The number of fused-ring (bicyclic) bond motifs is 1. The van der Waals surface area contributed by atoms with Crippen molar-refractivity contribution in [3.8, 4) is 0 Å². The molecule has 0 saturated carbocycles. The fraction of sp³-hybridized carbons (Fsp3) is 0.727. The molecule has 3 aliphatic rings. The second kappa shape index (κ2) is 16.0. The van der Waals surface area contributed by atoms with E-state index in [1.807, 2.05) is 13.8 Å². The van der Waals surface area contributed by atoms with Gasteiger partial charge >= 0.3 is 11.9 Å². The lowest BCUT2D eigenvalue weighted by Crippen LogP contribution is -2.52. The van der Waals surface area contributed by atoms with E-state index in [2.05, 4.69) is 137 Å². The summed E-state index contributed by atoms with van der Waals surface area (Å²) in [6.45, 7) is 33.3. The molecular formula is C44H72O6Si2. The van der Waals surface area contributed by atoms with Gasteiger partial charge in [0.25, 0.3) is 0 Å². The van der Waals surface area contributed by atoms with Crippen LogP contribution in [0.15, 0.2) is 54.1 Å². The topological polar surface area (TPSA) is 71.1 Å². The molecule has 52 heavy (non-hydrogen) atoms. The lowest BCUT2D eigenvalue weighted by Gasteiger charge is -2.51. The molecule has 2 aliphatic carbocycles. The van der Waals surface area contributed by atoms with Gasteiger partial charge in [0.15, 0.2) is 16.6 Å². The molecule has 1 aliphatic heterocycles. The Morgan fingerprint density at radius 1 is 0.904 bits per heavy atom. The van der Waals surface area contributed by atoms with E-state index < -0.39 is 22.0 Å². The van der Waals surface area contributed by atoms with Crippen LogP contribution >= 0.6 is 0 Å². The van der Waals surface area contributed by atoms with Crippen molar-refractivity contribution in [2.24, 2.45) is 35.0 Å². The Kier molecular flexibility index (Phi) is 13.1. The van der Waals surface area contributed by atoms with E-state index in [0.29, 0.717) is 12.8 Å². The first-order valence-electron chi connectivity index (χ1n) is 20.1. The molecule has 0 spiro atoms. The lowest BCUT2D eigenvalue weighted by atomic mass is 9.60. The minimum Gasteiger partial charge on any atom is -0.462 e. The molecule has 9 atom stereocenters. The third-order valence-corrected chi connectivity index (χ3v) is 22.6. The van der Waals surface area contributed by atoms with Gasteiger partial charge in [-0.1, -0.05) is 111 Å². The van der Waals surface area contributed by atoms with Gasteiger partial charge in [0.2, 0.25) is 0 Å². The van der Waals surface area contributed by atoms with Gasteiger partial charge in [0.1, 0.15) is 12.2 Å². The van der Waals surface area contributed by atoms with Crippen molar-refractivity contribution in [3.05, 3.63) is 59.7 Å². The molecule has 292 valence electrons. The molecule has 6 nitrogen and oxygen atoms in total. The number of carbonyl (C=O) groups excluding carboxylic acids is 2. The number of rotatable bonds is 12. The van der Waals surface area contributed by atoms with Crippen LogP contribution in [0.3, 0.4) is 0 Å². The van der Waals surface area contributed by atoms with Gasteiger partial charge in [-0.15, -0.1) is 0 Å². The lowest BCUT2D eigenvalue weighted by molar-refractivity contribution is -0.173. The fourth-order valence-electron chi connectivity index (χ4n) is 7.70. The summed E-state index contributed by atoms with van der Waals surface area (Å²) in [6, 6.07) is 10.6. The summed E-state index contributed by atoms with van der Waals surface area (Å²) in [4.78, 5) is 27.1. The highest BCUT2D eigenvalue weighted by Crippen LogP contribution is 2.53. The molecule has 8 heteroatoms. The first-order chi connectivity index (χ1) is 23.9. The van der Waals surface area contributed by atoms with Crippen LogP contribution in [0.2, 0.25) is 36.3 Å². The second-order valence-electron chi connectivity index (χ2n) is 20.0. The zero-order valence-electron chi connectivity index (χ0n) is 35.3. The number of carbonyl (C=O) groups is 2. The summed E-state index contributed by atoms with van der Waals surface area (Å²) in [7, 11) is -4.31. The first kappa shape index (κ1) is 42.7. The standard InChI is InChI=1S/C44H72O6Si2/c1-16-44(10,11)41(46)48-40-37(39(31-20-18-17-19-21-31)50-52(14,15)43(7,8)9)30(3)26-32-23-22-29(2)35(38(32)40)25-24-33-27-34(28-36(45)47-33)49-51(12,13)42(4,5)6/h17-23,26,29-30,33-35,37-40H,16,24-25,27-28H2,1-15H3/t29-,30-,33+,34+,35-,37-,38-,39-,40-/m0/s1. The van der Waals surface area contributed by atoms with Crippen LogP contribution in [-0.2, 0) is 27.9 Å². The molecule has 0 amide bonds. The number of hydrogen-bond acceptors (Lipinski definition) is 6. The molecule has 1 heterocycles. The van der Waals surface area contributed by atoms with Crippen LogP contribution in [0, 0.1) is 35.0 Å². The SMILES string of the molecule is CCC(C)(C)C(=O)O[C@@H]1[C@H]2C(=C[C@H](C)[C@H]1[C@@H](O[Si](C)(C)C(C)(C)C)c1ccccc1)C=C[C@H](C)[C@@H]2CC[C@@H]1C[C@@H](O[Si](C)(C)C(C)(C)C)CC(=O)O1. The van der Waals surface area contributed by atoms with Gasteiger partial charge in [-0.05, 0) is 98.3 Å². The van der Waals surface area contributed by atoms with Crippen LogP contribution in [0.1, 0.15) is 120 Å². The number of ether oxygens (including phenoxy) is 2. The highest BCUT2D eigenvalue weighted by molar-refractivity contribution is 6.74. The summed E-state index contributed by atoms with van der Waals surface area (Å²) in [5.41, 5.74) is 1.77. The molecule has 0 radical (unpaired) electrons. The largest absolute Gasteiger partial charge is 0.462 e. The van der Waals surface area contributed by atoms with E-state index in [9.17, 15) is 9.59 Å². The Morgan fingerprint density at radius 3 is 2.10 bits per heavy atom. The summed E-state index contributed by atoms with van der Waals surface area (Å²) in [5, 5.41) is 0.0688. The van der Waals surface area contributed by atoms with Gasteiger partial charge < -0.3 is 18.3 Å². The Balaban J connectivity index is 1.74. The number of benzene rings is 1. The summed E-state index contributed by atoms with van der Waals surface area (Å²) in [5.74, 6) is 0.153. The Bertz CT molecular complexity index is 1450. The third kappa shape index (κ3) is 9.61. The van der Waals surface area contributed by atoms with Gasteiger partial charge in [0, 0.05) is 18.3 Å². The van der Waals surface area contributed by atoms with Crippen molar-refractivity contribution < 1.29 is 27.9 Å². The van der Waals surface area contributed by atoms with Crippen LogP contribution < -0.4 is 0 Å². The average Bonchev–Trinajstić information content (AvgIpc) is 3.02. The van der Waals surface area contributed by atoms with E-state index in [0.717, 1.165) is 24.8 Å². The van der Waals surface area contributed by atoms with Crippen molar-refractivity contribution in [2.75, 3.05) is 0 Å². The highest BCUT2D eigenvalue weighted by atomic mass is 28.4. The minimum atomic E-state index is -2.26. The fourth-order valence-corrected chi connectivity index (χ4v) is 10.4. The maximum atomic E-state index is 14.2. The molecule has 1 aromatic rings. The van der Waals surface area contributed by atoms with Crippen molar-refractivity contribution in [2.45, 2.75) is 169 Å². The molecular weight excluding hydrogens is 681 g/mol. The number of cyclic esters (lactones) is 1. The molecule has 4 rings (SSSR count). The van der Waals surface area contributed by atoms with Gasteiger partial charge in [-0.2, -0.15) is 0 Å². The molecule has 0 unspecified atom stereocenters. The van der Waals surface area contributed by atoms with E-state index in [-0.39, 0.29) is 76.0 Å². The van der Waals surface area contributed by atoms with E-state index in [1.165, 1.54) is 5.57 Å². The van der Waals surface area contributed by atoms with Crippen molar-refractivity contribution >= 4 is 28.6 Å². The van der Waals surface area contributed by atoms with Crippen molar-refractivity contribution in [3.63, 3.8) is 0 Å². The Labute approximate surface area is 319 Å². The molecule has 1 saturated heterocycles. The number of hydrogen-bond donors (Lipinski definition) is 0. The highest BCUT2D eigenvalue weighted by Gasteiger charge is 2.52. The molecule has 0 aromatic heterocycles. The molecule has 0 bridgehead atoms. The van der Waals surface area contributed by atoms with Crippen molar-refractivity contribution in [1.29, 1.82) is 0 Å². The smallest absolute Gasteiger partial charge is 0.311 e. The van der Waals surface area contributed by atoms with E-state index >= 15 is 0 Å². The molecule has 1 fully saturated rings. The van der Waals surface area contributed by atoms with E-state index in [1.54, 1.807) is 0 Å². The zero-order valence-corrected chi connectivity index (χ0v) is 37.3. The number of esters is 2. The molecule has 0 N–H and O–H groups in total.